The lowest BCUT2D eigenvalue weighted by molar-refractivity contribution is -0.130. The average molecular weight is 378 g/mol. The monoisotopic (exact) mass is 377 g/mol. The van der Waals surface area contributed by atoms with Gasteiger partial charge >= 0.3 is 6.03 Å². The van der Waals surface area contributed by atoms with E-state index in [0.29, 0.717) is 17.5 Å². The number of piperidine rings is 1. The van der Waals surface area contributed by atoms with Gasteiger partial charge in [-0.05, 0) is 49.3 Å². The topological polar surface area (TPSA) is 61.4 Å². The molecule has 3 amide bonds. The van der Waals surface area contributed by atoms with Gasteiger partial charge in [0, 0.05) is 31.1 Å². The first-order valence-corrected chi connectivity index (χ1v) is 9.98. The number of urea groups is 1. The van der Waals surface area contributed by atoms with Crippen LogP contribution in [0.25, 0.3) is 0 Å². The molecule has 0 aromatic heterocycles. The average Bonchev–Trinajstić information content (AvgIpc) is 3.14. The molecule has 1 aliphatic carbocycles. The number of nitrogens with zero attached hydrogens (tertiary/aromatic N) is 1. The molecule has 2 aliphatic rings. The van der Waals surface area contributed by atoms with Crippen molar-refractivity contribution in [2.75, 3.05) is 13.1 Å². The van der Waals surface area contributed by atoms with Crippen molar-refractivity contribution in [3.63, 3.8) is 0 Å². The molecular formula is C20H28ClN3O2. The second-order valence-corrected chi connectivity index (χ2v) is 7.94. The van der Waals surface area contributed by atoms with Gasteiger partial charge in [0.2, 0.25) is 5.91 Å². The van der Waals surface area contributed by atoms with Gasteiger partial charge in [-0.2, -0.15) is 0 Å². The Morgan fingerprint density at radius 3 is 2.65 bits per heavy atom. The van der Waals surface area contributed by atoms with Crippen molar-refractivity contribution in [2.45, 2.75) is 57.5 Å². The van der Waals surface area contributed by atoms with Crippen LogP contribution in [-0.2, 0) is 4.79 Å². The van der Waals surface area contributed by atoms with Crippen molar-refractivity contribution in [3.05, 3.63) is 34.9 Å². The third-order valence-corrected chi connectivity index (χ3v) is 5.80. The number of nitrogens with one attached hydrogen (secondary N) is 2. The molecule has 1 heterocycles. The minimum atomic E-state index is -0.155. The first-order chi connectivity index (χ1) is 12.5. The number of carbonyl (C=O) groups is 2. The van der Waals surface area contributed by atoms with Crippen molar-refractivity contribution in [1.82, 2.24) is 15.5 Å². The number of likely N-dealkylation sites (tertiary alicyclic amines) is 1. The van der Waals surface area contributed by atoms with Crippen molar-refractivity contribution in [2.24, 2.45) is 5.92 Å². The summed E-state index contributed by atoms with van der Waals surface area (Å²) in [6.45, 7) is 2.95. The van der Waals surface area contributed by atoms with Gasteiger partial charge in [0.1, 0.15) is 0 Å². The standard InChI is InChI=1S/C20H28ClN3O2/c1-14(25)24-11-5-10-18(13-24)22-20(26)23-19(15-6-2-3-7-15)16-8-4-9-17(21)12-16/h4,8-9,12,15,18-19H,2-3,5-7,10-11,13H2,1H3,(H2,22,23,26). The van der Waals surface area contributed by atoms with Gasteiger partial charge in [-0.3, -0.25) is 4.79 Å². The first-order valence-electron chi connectivity index (χ1n) is 9.61. The van der Waals surface area contributed by atoms with E-state index in [1.165, 1.54) is 12.8 Å². The molecule has 26 heavy (non-hydrogen) atoms. The van der Waals surface area contributed by atoms with Gasteiger partial charge in [-0.25, -0.2) is 4.79 Å². The Hall–Kier alpha value is -1.75. The van der Waals surface area contributed by atoms with Crippen LogP contribution in [0.3, 0.4) is 0 Å². The Morgan fingerprint density at radius 2 is 1.96 bits per heavy atom. The van der Waals surface area contributed by atoms with E-state index in [1.54, 1.807) is 11.8 Å². The molecule has 1 saturated carbocycles. The van der Waals surface area contributed by atoms with Crippen LogP contribution in [0.5, 0.6) is 0 Å². The lowest BCUT2D eigenvalue weighted by Gasteiger charge is -2.33. The summed E-state index contributed by atoms with van der Waals surface area (Å²) in [7, 11) is 0. The van der Waals surface area contributed by atoms with Gasteiger partial charge in [-0.1, -0.05) is 36.6 Å². The predicted molar refractivity (Wildman–Crippen MR) is 103 cm³/mol. The van der Waals surface area contributed by atoms with E-state index in [4.69, 9.17) is 11.6 Å². The Morgan fingerprint density at radius 1 is 1.19 bits per heavy atom. The molecule has 0 spiro atoms. The maximum Gasteiger partial charge on any atom is 0.315 e. The maximum atomic E-state index is 12.7. The van der Waals surface area contributed by atoms with Crippen LogP contribution in [0, 0.1) is 5.92 Å². The number of halogens is 1. The second kappa shape index (κ2) is 8.76. The highest BCUT2D eigenvalue weighted by Gasteiger charge is 2.29. The normalized spacial score (nSPS) is 22.1. The van der Waals surface area contributed by atoms with E-state index >= 15 is 0 Å². The summed E-state index contributed by atoms with van der Waals surface area (Å²) in [4.78, 5) is 26.0. The minimum absolute atomic E-state index is 0.0104. The molecule has 6 heteroatoms. The number of rotatable bonds is 4. The van der Waals surface area contributed by atoms with Gasteiger partial charge in [-0.15, -0.1) is 0 Å². The molecule has 1 aromatic carbocycles. The van der Waals surface area contributed by atoms with Crippen LogP contribution in [0.1, 0.15) is 57.1 Å². The first kappa shape index (κ1) is 19.0. The smallest absolute Gasteiger partial charge is 0.315 e. The lowest BCUT2D eigenvalue weighted by Crippen LogP contribution is -2.52. The molecule has 5 nitrogen and oxygen atoms in total. The third kappa shape index (κ3) is 4.91. The molecule has 2 N–H and O–H groups in total. The van der Waals surface area contributed by atoms with Crippen LogP contribution in [0.2, 0.25) is 5.02 Å². The molecule has 2 unspecified atom stereocenters. The summed E-state index contributed by atoms with van der Waals surface area (Å²) < 4.78 is 0. The van der Waals surface area contributed by atoms with Crippen molar-refractivity contribution in [3.8, 4) is 0 Å². The Kier molecular flexibility index (Phi) is 6.41. The molecule has 142 valence electrons. The Bertz CT molecular complexity index is 646. The molecule has 1 aromatic rings. The van der Waals surface area contributed by atoms with Crippen molar-refractivity contribution >= 4 is 23.5 Å². The highest BCUT2D eigenvalue weighted by atomic mass is 35.5. The van der Waals surface area contributed by atoms with Crippen molar-refractivity contribution in [1.29, 1.82) is 0 Å². The highest BCUT2D eigenvalue weighted by molar-refractivity contribution is 6.30. The summed E-state index contributed by atoms with van der Waals surface area (Å²) >= 11 is 6.17. The van der Waals surface area contributed by atoms with E-state index in [0.717, 1.165) is 37.8 Å². The number of carbonyl (C=O) groups excluding carboxylic acids is 2. The van der Waals surface area contributed by atoms with Crippen LogP contribution >= 0.6 is 11.6 Å². The zero-order valence-electron chi connectivity index (χ0n) is 15.3. The number of hydrogen-bond donors (Lipinski definition) is 2. The number of amides is 3. The van der Waals surface area contributed by atoms with E-state index < -0.39 is 0 Å². The van der Waals surface area contributed by atoms with E-state index in [-0.39, 0.29) is 24.0 Å². The predicted octanol–water partition coefficient (Wildman–Crippen LogP) is 3.88. The number of hydrogen-bond acceptors (Lipinski definition) is 2. The van der Waals surface area contributed by atoms with Crippen LogP contribution in [-0.4, -0.2) is 36.0 Å². The zero-order chi connectivity index (χ0) is 18.5. The van der Waals surface area contributed by atoms with E-state index in [9.17, 15) is 9.59 Å². The minimum Gasteiger partial charge on any atom is -0.341 e. The molecule has 2 atom stereocenters. The fourth-order valence-corrected chi connectivity index (χ4v) is 4.41. The summed E-state index contributed by atoms with van der Waals surface area (Å²) in [6.07, 6.45) is 6.49. The SMILES string of the molecule is CC(=O)N1CCCC(NC(=O)NC(c2cccc(Cl)c2)C2CCCC2)C1. The Labute approximate surface area is 160 Å². The van der Waals surface area contributed by atoms with E-state index in [2.05, 4.69) is 10.6 Å². The fourth-order valence-electron chi connectivity index (χ4n) is 4.21. The van der Waals surface area contributed by atoms with E-state index in [1.807, 2.05) is 24.3 Å². The number of benzene rings is 1. The van der Waals surface area contributed by atoms with Gasteiger partial charge in [0.15, 0.2) is 0 Å². The summed E-state index contributed by atoms with van der Waals surface area (Å²) in [6, 6.07) is 7.61. The van der Waals surface area contributed by atoms with Crippen LogP contribution in [0.15, 0.2) is 24.3 Å². The maximum absolute atomic E-state index is 12.7. The third-order valence-electron chi connectivity index (χ3n) is 5.57. The fraction of sp³-hybridized carbons (Fsp3) is 0.600. The molecular weight excluding hydrogens is 350 g/mol. The molecule has 1 aliphatic heterocycles. The molecule has 0 radical (unpaired) electrons. The summed E-state index contributed by atoms with van der Waals surface area (Å²) in [5.74, 6) is 0.513. The summed E-state index contributed by atoms with van der Waals surface area (Å²) in [5.41, 5.74) is 1.06. The van der Waals surface area contributed by atoms with Crippen molar-refractivity contribution < 1.29 is 9.59 Å². The molecule has 1 saturated heterocycles. The Balaban J connectivity index is 1.64. The molecule has 0 bridgehead atoms. The van der Waals surface area contributed by atoms with Gasteiger partial charge in [0.25, 0.3) is 0 Å². The molecule has 3 rings (SSSR count). The highest BCUT2D eigenvalue weighted by Crippen LogP contribution is 2.36. The largest absolute Gasteiger partial charge is 0.341 e. The lowest BCUT2D eigenvalue weighted by atomic mass is 9.91. The summed E-state index contributed by atoms with van der Waals surface area (Å²) in [5, 5.41) is 6.94. The van der Waals surface area contributed by atoms with Crippen LogP contribution in [0.4, 0.5) is 4.79 Å². The quantitative estimate of drug-likeness (QED) is 0.836. The zero-order valence-corrected chi connectivity index (χ0v) is 16.1. The van der Waals surface area contributed by atoms with Gasteiger partial charge < -0.3 is 15.5 Å². The molecule has 2 fully saturated rings. The second-order valence-electron chi connectivity index (χ2n) is 7.50. The van der Waals surface area contributed by atoms with Gasteiger partial charge in [0.05, 0.1) is 6.04 Å². The van der Waals surface area contributed by atoms with Crippen LogP contribution < -0.4 is 10.6 Å².